The van der Waals surface area contributed by atoms with Crippen LogP contribution in [0.4, 0.5) is 0 Å². The lowest BCUT2D eigenvalue weighted by molar-refractivity contribution is -0.138. The third-order valence-electron chi connectivity index (χ3n) is 3.81. The molecule has 0 aromatic rings. The Morgan fingerprint density at radius 2 is 1.38 bits per heavy atom. The Kier molecular flexibility index (Phi) is 19.8. The number of nitrogens with two attached hydrogens (primary N) is 4. The van der Waals surface area contributed by atoms with Crippen LogP contribution in [0, 0.1) is 0 Å². The molecule has 0 unspecified atom stereocenters. The number of hydrogen-bond donors (Lipinski definition) is 5. The number of primary amides is 1. The number of amides is 1. The van der Waals surface area contributed by atoms with Crippen LogP contribution >= 0.6 is 0 Å². The van der Waals surface area contributed by atoms with Gasteiger partial charge in [0, 0.05) is 13.0 Å². The smallest absolute Gasteiger partial charge is 0.320 e. The number of aliphatic carboxylic acids is 1. The SMILES string of the molecule is CCCCCCCCCCCC(N)=O.NC(N)=NCCC[C@H](N)C(=O)O. The predicted octanol–water partition coefficient (Wildman–Crippen LogP) is 1.84. The van der Waals surface area contributed by atoms with E-state index in [0.29, 0.717) is 25.8 Å². The van der Waals surface area contributed by atoms with Crippen molar-refractivity contribution < 1.29 is 14.7 Å². The molecule has 0 aromatic carbocycles. The summed E-state index contributed by atoms with van der Waals surface area (Å²) in [7, 11) is 0. The molecule has 0 aliphatic carbocycles. The van der Waals surface area contributed by atoms with Crippen LogP contribution in [0.2, 0.25) is 0 Å². The van der Waals surface area contributed by atoms with E-state index < -0.39 is 12.0 Å². The van der Waals surface area contributed by atoms with Crippen LogP contribution in [0.15, 0.2) is 4.99 Å². The standard InChI is InChI=1S/C12H25NO.C6H14N4O2/c1-2-3-4-5-6-7-8-9-10-11-12(13)14;7-4(5(11)12)2-1-3-10-6(8)9/h2-11H2,1H3,(H2,13,14);4H,1-3,7H2,(H,11,12)(H4,8,9,10)/t;4-/m.0/s1. The average Bonchev–Trinajstić information content (AvgIpc) is 2.57. The van der Waals surface area contributed by atoms with E-state index in [9.17, 15) is 9.59 Å². The molecule has 0 rings (SSSR count). The van der Waals surface area contributed by atoms with Crippen molar-refractivity contribution in [1.82, 2.24) is 0 Å². The Morgan fingerprint density at radius 1 is 0.885 bits per heavy atom. The lowest BCUT2D eigenvalue weighted by Gasteiger charge is -2.03. The van der Waals surface area contributed by atoms with Crippen molar-refractivity contribution in [2.75, 3.05) is 6.54 Å². The highest BCUT2D eigenvalue weighted by molar-refractivity contribution is 5.75. The summed E-state index contributed by atoms with van der Waals surface area (Å²) in [5.74, 6) is -1.15. The van der Waals surface area contributed by atoms with Crippen molar-refractivity contribution in [3.63, 3.8) is 0 Å². The van der Waals surface area contributed by atoms with Gasteiger partial charge in [0.1, 0.15) is 6.04 Å². The first-order valence-electron chi connectivity index (χ1n) is 9.63. The van der Waals surface area contributed by atoms with Gasteiger partial charge in [0.25, 0.3) is 0 Å². The first-order chi connectivity index (χ1) is 12.3. The van der Waals surface area contributed by atoms with Crippen molar-refractivity contribution in [3.8, 4) is 0 Å². The number of carboxylic acid groups (broad SMARTS) is 1. The summed E-state index contributed by atoms with van der Waals surface area (Å²) in [5.41, 5.74) is 20.4. The summed E-state index contributed by atoms with van der Waals surface area (Å²) in [6.45, 7) is 2.66. The molecule has 0 saturated carbocycles. The molecule has 0 radical (unpaired) electrons. The van der Waals surface area contributed by atoms with Crippen LogP contribution in [0.3, 0.4) is 0 Å². The zero-order valence-electron chi connectivity index (χ0n) is 16.3. The summed E-state index contributed by atoms with van der Waals surface area (Å²) in [6.07, 6.45) is 13.1. The minimum Gasteiger partial charge on any atom is -0.480 e. The largest absolute Gasteiger partial charge is 0.480 e. The van der Waals surface area contributed by atoms with E-state index in [1.54, 1.807) is 0 Å². The van der Waals surface area contributed by atoms with Gasteiger partial charge < -0.3 is 28.0 Å². The molecule has 0 aliphatic heterocycles. The first kappa shape index (κ1) is 26.4. The molecule has 0 spiro atoms. The van der Waals surface area contributed by atoms with E-state index in [1.165, 1.54) is 44.9 Å². The quantitative estimate of drug-likeness (QED) is 0.166. The van der Waals surface area contributed by atoms with Gasteiger partial charge in [-0.25, -0.2) is 0 Å². The molecule has 0 bridgehead atoms. The van der Waals surface area contributed by atoms with Crippen molar-refractivity contribution in [2.24, 2.45) is 27.9 Å². The van der Waals surface area contributed by atoms with Gasteiger partial charge in [-0.3, -0.25) is 14.6 Å². The van der Waals surface area contributed by atoms with Gasteiger partial charge in [0.05, 0.1) is 0 Å². The molecule has 26 heavy (non-hydrogen) atoms. The van der Waals surface area contributed by atoms with E-state index >= 15 is 0 Å². The van der Waals surface area contributed by atoms with Crippen molar-refractivity contribution in [1.29, 1.82) is 0 Å². The summed E-state index contributed by atoms with van der Waals surface area (Å²) in [4.78, 5) is 24.3. The van der Waals surface area contributed by atoms with Gasteiger partial charge in [0.2, 0.25) is 5.91 Å². The number of aliphatic imine (C=N–C) groups is 1. The minimum atomic E-state index is -1.00. The van der Waals surface area contributed by atoms with Crippen molar-refractivity contribution in [3.05, 3.63) is 0 Å². The van der Waals surface area contributed by atoms with Crippen LogP contribution in [-0.2, 0) is 9.59 Å². The molecule has 0 aromatic heterocycles. The van der Waals surface area contributed by atoms with E-state index in [1.807, 2.05) is 0 Å². The monoisotopic (exact) mass is 373 g/mol. The molecule has 154 valence electrons. The Labute approximate surface area is 157 Å². The van der Waals surface area contributed by atoms with Gasteiger partial charge in [-0.15, -0.1) is 0 Å². The molecular weight excluding hydrogens is 334 g/mol. The van der Waals surface area contributed by atoms with E-state index in [4.69, 9.17) is 28.0 Å². The van der Waals surface area contributed by atoms with Gasteiger partial charge >= 0.3 is 5.97 Å². The molecule has 1 amide bonds. The average molecular weight is 374 g/mol. The Balaban J connectivity index is 0. The van der Waals surface area contributed by atoms with Crippen molar-refractivity contribution in [2.45, 2.75) is 90.0 Å². The maximum Gasteiger partial charge on any atom is 0.320 e. The number of carbonyl (C=O) groups excluding carboxylic acids is 1. The summed E-state index contributed by atoms with van der Waals surface area (Å²) in [6, 6.07) is -0.820. The maximum atomic E-state index is 10.4. The predicted molar refractivity (Wildman–Crippen MR) is 107 cm³/mol. The van der Waals surface area contributed by atoms with E-state index in [0.717, 1.165) is 12.8 Å². The lowest BCUT2D eigenvalue weighted by Crippen LogP contribution is -2.30. The Bertz CT molecular complexity index is 385. The highest BCUT2D eigenvalue weighted by Gasteiger charge is 2.09. The van der Waals surface area contributed by atoms with E-state index in [-0.39, 0.29) is 11.9 Å². The molecule has 0 fully saturated rings. The first-order valence-corrected chi connectivity index (χ1v) is 9.63. The topological polar surface area (TPSA) is 171 Å². The molecular formula is C18H39N5O3. The second-order valence-electron chi connectivity index (χ2n) is 6.44. The molecule has 0 heterocycles. The fraction of sp³-hybridized carbons (Fsp3) is 0.833. The third kappa shape index (κ3) is 24.4. The maximum absolute atomic E-state index is 10.4. The third-order valence-corrected chi connectivity index (χ3v) is 3.81. The Hall–Kier alpha value is -1.83. The van der Waals surface area contributed by atoms with Gasteiger partial charge in [-0.2, -0.15) is 0 Å². The molecule has 8 nitrogen and oxygen atoms in total. The minimum absolute atomic E-state index is 0.0129. The van der Waals surface area contributed by atoms with Crippen molar-refractivity contribution >= 4 is 17.8 Å². The highest BCUT2D eigenvalue weighted by Crippen LogP contribution is 2.10. The highest BCUT2D eigenvalue weighted by atomic mass is 16.4. The van der Waals surface area contributed by atoms with Crippen LogP contribution in [0.25, 0.3) is 0 Å². The molecule has 9 N–H and O–H groups in total. The zero-order valence-corrected chi connectivity index (χ0v) is 16.3. The van der Waals surface area contributed by atoms with Gasteiger partial charge in [-0.1, -0.05) is 58.3 Å². The van der Waals surface area contributed by atoms with Gasteiger partial charge in [0.15, 0.2) is 5.96 Å². The second kappa shape index (κ2) is 19.5. The van der Waals surface area contributed by atoms with Crippen LogP contribution in [0.1, 0.15) is 84.0 Å². The normalized spacial score (nSPS) is 11.2. The molecule has 0 saturated heterocycles. The number of unbranched alkanes of at least 4 members (excludes halogenated alkanes) is 8. The zero-order chi connectivity index (χ0) is 20.2. The fourth-order valence-corrected chi connectivity index (χ4v) is 2.25. The van der Waals surface area contributed by atoms with Crippen LogP contribution in [0.5, 0.6) is 0 Å². The summed E-state index contributed by atoms with van der Waals surface area (Å²) >= 11 is 0. The molecule has 8 heteroatoms. The van der Waals surface area contributed by atoms with Crippen LogP contribution in [-0.4, -0.2) is 35.5 Å². The summed E-state index contributed by atoms with van der Waals surface area (Å²) in [5, 5.41) is 8.38. The molecule has 0 aliphatic rings. The second-order valence-corrected chi connectivity index (χ2v) is 6.44. The van der Waals surface area contributed by atoms with Gasteiger partial charge in [-0.05, 0) is 19.3 Å². The number of nitrogens with zero attached hydrogens (tertiary/aromatic N) is 1. The van der Waals surface area contributed by atoms with E-state index in [2.05, 4.69) is 11.9 Å². The van der Waals surface area contributed by atoms with Crippen LogP contribution < -0.4 is 22.9 Å². The number of hydrogen-bond acceptors (Lipinski definition) is 4. The Morgan fingerprint density at radius 3 is 1.81 bits per heavy atom. The fourth-order valence-electron chi connectivity index (χ4n) is 2.25. The summed E-state index contributed by atoms with van der Waals surface area (Å²) < 4.78 is 0. The number of guanidine groups is 1. The molecule has 1 atom stereocenters. The lowest BCUT2D eigenvalue weighted by atomic mass is 10.1. The number of carboxylic acids is 1. The number of carbonyl (C=O) groups is 2. The number of rotatable bonds is 15.